The first kappa shape index (κ1) is 17.4. The Kier molecular flexibility index (Phi) is 5.00. The van der Waals surface area contributed by atoms with E-state index < -0.39 is 10.0 Å². The molecule has 8 heteroatoms. The highest BCUT2D eigenvalue weighted by Gasteiger charge is 2.17. The summed E-state index contributed by atoms with van der Waals surface area (Å²) in [7, 11) is -3.50. The third-order valence-corrected chi connectivity index (χ3v) is 5.54. The topological polar surface area (TPSA) is 103 Å². The molecule has 0 saturated carbocycles. The standard InChI is InChI=1S/C17H20N4O3S/c1-12-11-16(15-7-8-17(22)21-20-15)19-14(12)9-10-18-25(23,24)13-5-3-2-4-6-13/h2-6,11,18-19H,7-10H2,1H3,(H,21,22). The Morgan fingerprint density at radius 1 is 1.20 bits per heavy atom. The Morgan fingerprint density at radius 3 is 2.64 bits per heavy atom. The van der Waals surface area contributed by atoms with Crippen molar-refractivity contribution in [2.45, 2.75) is 31.1 Å². The monoisotopic (exact) mass is 360 g/mol. The fourth-order valence-electron chi connectivity index (χ4n) is 2.68. The van der Waals surface area contributed by atoms with E-state index in [0.717, 1.165) is 22.7 Å². The zero-order chi connectivity index (χ0) is 17.9. The van der Waals surface area contributed by atoms with E-state index in [1.54, 1.807) is 30.3 Å². The van der Waals surface area contributed by atoms with Gasteiger partial charge in [-0.3, -0.25) is 4.79 Å². The van der Waals surface area contributed by atoms with Crippen molar-refractivity contribution in [2.24, 2.45) is 5.10 Å². The number of sulfonamides is 1. The number of aryl methyl sites for hydroxylation is 1. The number of amides is 1. The molecule has 1 aromatic heterocycles. The highest BCUT2D eigenvalue weighted by Crippen LogP contribution is 2.15. The van der Waals surface area contributed by atoms with Crippen LogP contribution in [0.5, 0.6) is 0 Å². The van der Waals surface area contributed by atoms with Crippen LogP contribution in [0.4, 0.5) is 0 Å². The molecule has 1 aliphatic rings. The number of aromatic amines is 1. The number of carbonyl (C=O) groups excluding carboxylic acids is 1. The van der Waals surface area contributed by atoms with E-state index in [1.807, 2.05) is 13.0 Å². The zero-order valence-electron chi connectivity index (χ0n) is 13.9. The molecule has 0 unspecified atom stereocenters. The van der Waals surface area contributed by atoms with Crippen molar-refractivity contribution >= 4 is 21.6 Å². The zero-order valence-corrected chi connectivity index (χ0v) is 14.7. The molecular weight excluding hydrogens is 340 g/mol. The van der Waals surface area contributed by atoms with E-state index in [1.165, 1.54) is 0 Å². The Balaban J connectivity index is 1.63. The Hall–Kier alpha value is -2.45. The van der Waals surface area contributed by atoms with Crippen LogP contribution in [0.2, 0.25) is 0 Å². The molecule has 0 fully saturated rings. The molecule has 3 rings (SSSR count). The highest BCUT2D eigenvalue weighted by molar-refractivity contribution is 7.89. The third-order valence-electron chi connectivity index (χ3n) is 4.06. The smallest absolute Gasteiger partial charge is 0.240 e. The van der Waals surface area contributed by atoms with Gasteiger partial charge in [-0.05, 0) is 30.7 Å². The van der Waals surface area contributed by atoms with Crippen LogP contribution in [0.25, 0.3) is 0 Å². The quantitative estimate of drug-likeness (QED) is 0.726. The molecule has 2 aromatic rings. The number of nitrogens with zero attached hydrogens (tertiary/aromatic N) is 1. The van der Waals surface area contributed by atoms with Crippen molar-refractivity contribution in [3.63, 3.8) is 0 Å². The molecule has 1 aromatic carbocycles. The maximum atomic E-state index is 12.2. The fourth-order valence-corrected chi connectivity index (χ4v) is 3.73. The largest absolute Gasteiger partial charge is 0.357 e. The number of benzene rings is 1. The molecule has 0 aliphatic carbocycles. The molecular formula is C17H20N4O3S. The summed E-state index contributed by atoms with van der Waals surface area (Å²) in [6.07, 6.45) is 1.55. The van der Waals surface area contributed by atoms with Gasteiger partial charge in [-0.15, -0.1) is 0 Å². The summed E-state index contributed by atoms with van der Waals surface area (Å²) in [6, 6.07) is 10.3. The molecule has 0 bridgehead atoms. The Morgan fingerprint density at radius 2 is 1.96 bits per heavy atom. The van der Waals surface area contributed by atoms with Crippen LogP contribution in [0, 0.1) is 6.92 Å². The molecule has 2 heterocycles. The first-order chi connectivity index (χ1) is 12.0. The predicted molar refractivity (Wildman–Crippen MR) is 94.8 cm³/mol. The van der Waals surface area contributed by atoms with Gasteiger partial charge < -0.3 is 4.98 Å². The number of aromatic nitrogens is 1. The fraction of sp³-hybridized carbons (Fsp3) is 0.294. The van der Waals surface area contributed by atoms with Crippen LogP contribution >= 0.6 is 0 Å². The van der Waals surface area contributed by atoms with Crippen molar-refractivity contribution in [2.75, 3.05) is 6.54 Å². The normalized spacial score (nSPS) is 14.9. The van der Waals surface area contributed by atoms with Crippen molar-refractivity contribution < 1.29 is 13.2 Å². The van der Waals surface area contributed by atoms with Crippen LogP contribution in [-0.2, 0) is 21.2 Å². The lowest BCUT2D eigenvalue weighted by Gasteiger charge is -2.10. The molecule has 1 aliphatic heterocycles. The summed E-state index contributed by atoms with van der Waals surface area (Å²) in [5.74, 6) is -0.0810. The molecule has 0 atom stereocenters. The van der Waals surface area contributed by atoms with Gasteiger partial charge in [0.1, 0.15) is 0 Å². The number of H-pyrrole nitrogens is 1. The summed E-state index contributed by atoms with van der Waals surface area (Å²) in [5, 5.41) is 4.07. The highest BCUT2D eigenvalue weighted by atomic mass is 32.2. The van der Waals surface area contributed by atoms with E-state index in [-0.39, 0.29) is 10.8 Å². The van der Waals surface area contributed by atoms with Gasteiger partial charge in [0, 0.05) is 31.5 Å². The first-order valence-corrected chi connectivity index (χ1v) is 9.53. The number of nitrogens with one attached hydrogen (secondary N) is 3. The molecule has 0 spiro atoms. The predicted octanol–water partition coefficient (Wildman–Crippen LogP) is 1.46. The van der Waals surface area contributed by atoms with Gasteiger partial charge in [-0.2, -0.15) is 5.10 Å². The van der Waals surface area contributed by atoms with Gasteiger partial charge in [0.25, 0.3) is 0 Å². The number of carbonyl (C=O) groups is 1. The van der Waals surface area contributed by atoms with E-state index in [9.17, 15) is 13.2 Å². The second-order valence-electron chi connectivity index (χ2n) is 5.90. The second-order valence-corrected chi connectivity index (χ2v) is 7.67. The number of hydrogen-bond acceptors (Lipinski definition) is 4. The molecule has 132 valence electrons. The van der Waals surface area contributed by atoms with Gasteiger partial charge >= 0.3 is 0 Å². The van der Waals surface area contributed by atoms with Crippen molar-refractivity contribution in [3.8, 4) is 0 Å². The molecule has 25 heavy (non-hydrogen) atoms. The lowest BCUT2D eigenvalue weighted by molar-refractivity contribution is -0.121. The summed E-state index contributed by atoms with van der Waals surface area (Å²) in [5.41, 5.74) is 6.13. The Labute approximate surface area is 146 Å². The third kappa shape index (κ3) is 4.15. The summed E-state index contributed by atoms with van der Waals surface area (Å²) >= 11 is 0. The van der Waals surface area contributed by atoms with E-state index in [4.69, 9.17) is 0 Å². The second kappa shape index (κ2) is 7.20. The molecule has 0 saturated heterocycles. The molecule has 3 N–H and O–H groups in total. The van der Waals surface area contributed by atoms with Crippen LogP contribution in [0.3, 0.4) is 0 Å². The van der Waals surface area contributed by atoms with Crippen molar-refractivity contribution in [1.82, 2.24) is 15.1 Å². The van der Waals surface area contributed by atoms with E-state index in [0.29, 0.717) is 25.8 Å². The van der Waals surface area contributed by atoms with E-state index >= 15 is 0 Å². The van der Waals surface area contributed by atoms with Gasteiger partial charge in [0.15, 0.2) is 0 Å². The van der Waals surface area contributed by atoms with Gasteiger partial charge in [0.05, 0.1) is 16.3 Å². The molecule has 1 amide bonds. The average Bonchev–Trinajstić information content (AvgIpc) is 2.97. The first-order valence-electron chi connectivity index (χ1n) is 8.05. The van der Waals surface area contributed by atoms with Crippen molar-refractivity contribution in [1.29, 1.82) is 0 Å². The minimum Gasteiger partial charge on any atom is -0.357 e. The van der Waals surface area contributed by atoms with Gasteiger partial charge in [-0.1, -0.05) is 18.2 Å². The minimum atomic E-state index is -3.50. The lowest BCUT2D eigenvalue weighted by Crippen LogP contribution is -2.26. The SMILES string of the molecule is Cc1cc(C2=NNC(=O)CC2)[nH]c1CCNS(=O)(=O)c1ccccc1. The average molecular weight is 360 g/mol. The van der Waals surface area contributed by atoms with Crippen LogP contribution < -0.4 is 10.1 Å². The van der Waals surface area contributed by atoms with E-state index in [2.05, 4.69) is 20.2 Å². The van der Waals surface area contributed by atoms with Gasteiger partial charge in [-0.25, -0.2) is 18.6 Å². The molecule has 0 radical (unpaired) electrons. The number of hydrazone groups is 1. The van der Waals surface area contributed by atoms with Crippen LogP contribution in [0.15, 0.2) is 46.4 Å². The van der Waals surface area contributed by atoms with Crippen molar-refractivity contribution in [3.05, 3.63) is 53.3 Å². The maximum Gasteiger partial charge on any atom is 0.240 e. The van der Waals surface area contributed by atoms with Crippen LogP contribution in [-0.4, -0.2) is 31.6 Å². The number of hydrogen-bond donors (Lipinski definition) is 3. The maximum absolute atomic E-state index is 12.2. The summed E-state index contributed by atoms with van der Waals surface area (Å²) < 4.78 is 27.0. The Bertz CT molecular complexity index is 901. The summed E-state index contributed by atoms with van der Waals surface area (Å²) in [4.78, 5) is 14.7. The number of rotatable bonds is 6. The minimum absolute atomic E-state index is 0.0810. The van der Waals surface area contributed by atoms with Gasteiger partial charge in [0.2, 0.25) is 15.9 Å². The lowest BCUT2D eigenvalue weighted by atomic mass is 10.1. The van der Waals surface area contributed by atoms with Crippen LogP contribution in [0.1, 0.15) is 29.8 Å². The molecule has 7 nitrogen and oxygen atoms in total. The summed E-state index contributed by atoms with van der Waals surface area (Å²) in [6.45, 7) is 2.25.